The molecule has 0 saturated carbocycles. The summed E-state index contributed by atoms with van der Waals surface area (Å²) in [6.07, 6.45) is 0.945. The maximum absolute atomic E-state index is 6.30. The molecule has 0 saturated heterocycles. The lowest BCUT2D eigenvalue weighted by Crippen LogP contribution is -2.20. The zero-order chi connectivity index (χ0) is 10.9. The van der Waals surface area contributed by atoms with Crippen molar-refractivity contribution >= 4 is 18.6 Å². The van der Waals surface area contributed by atoms with Crippen LogP contribution in [0.3, 0.4) is 0 Å². The van der Waals surface area contributed by atoms with Crippen molar-refractivity contribution in [3.63, 3.8) is 0 Å². The molecule has 0 aliphatic carbocycles. The molecule has 74 valence electrons. The first kappa shape index (κ1) is 10.3. The highest BCUT2D eigenvalue weighted by atomic mass is 14.2. The third kappa shape index (κ3) is 1.79. The molecule has 0 fully saturated rings. The fourth-order valence-electron chi connectivity index (χ4n) is 1.91. The molecule has 15 heavy (non-hydrogen) atoms. The Morgan fingerprint density at radius 2 is 1.73 bits per heavy atom. The Morgan fingerprint density at radius 3 is 2.47 bits per heavy atom. The minimum atomic E-state index is -0.235. The van der Waals surface area contributed by atoms with E-state index in [9.17, 15) is 0 Å². The molecule has 2 rings (SSSR count). The smallest absolute Gasteiger partial charge is 0.0653 e. The summed E-state index contributed by atoms with van der Waals surface area (Å²) in [5.74, 6) is 0. The second-order valence-electron chi connectivity index (χ2n) is 4.30. The third-order valence-electron chi connectivity index (χ3n) is 3.14. The highest BCUT2D eigenvalue weighted by Crippen LogP contribution is 2.30. The Morgan fingerprint density at radius 1 is 1.07 bits per heavy atom. The van der Waals surface area contributed by atoms with Gasteiger partial charge in [-0.1, -0.05) is 62.7 Å². The van der Waals surface area contributed by atoms with Gasteiger partial charge < -0.3 is 0 Å². The topological polar surface area (TPSA) is 0 Å². The summed E-state index contributed by atoms with van der Waals surface area (Å²) in [6, 6.07) is 14.7. The Bertz CT molecular complexity index is 466. The molecular formula is C14H15B. The van der Waals surface area contributed by atoms with Gasteiger partial charge >= 0.3 is 0 Å². The Labute approximate surface area is 92.7 Å². The normalized spacial score (nSPS) is 15.1. The van der Waals surface area contributed by atoms with Gasteiger partial charge in [0.25, 0.3) is 0 Å². The highest BCUT2D eigenvalue weighted by Gasteiger charge is 2.19. The van der Waals surface area contributed by atoms with Gasteiger partial charge in [-0.25, -0.2) is 0 Å². The SMILES string of the molecule is [B]C(C)(CC)c1cccc2ccccc12. The first-order valence-electron chi connectivity index (χ1n) is 5.42. The van der Waals surface area contributed by atoms with Crippen molar-refractivity contribution in [1.29, 1.82) is 0 Å². The van der Waals surface area contributed by atoms with Crippen LogP contribution < -0.4 is 0 Å². The monoisotopic (exact) mass is 194 g/mol. The molecule has 0 amide bonds. The number of hydrogen-bond acceptors (Lipinski definition) is 0. The Balaban J connectivity index is 2.71. The van der Waals surface area contributed by atoms with Gasteiger partial charge in [0.2, 0.25) is 0 Å². The highest BCUT2D eigenvalue weighted by molar-refractivity contribution is 6.17. The van der Waals surface area contributed by atoms with Crippen LogP contribution in [0.15, 0.2) is 42.5 Å². The summed E-state index contributed by atoms with van der Waals surface area (Å²) >= 11 is 0. The summed E-state index contributed by atoms with van der Waals surface area (Å²) in [4.78, 5) is 0. The first-order valence-corrected chi connectivity index (χ1v) is 5.42. The van der Waals surface area contributed by atoms with Crippen molar-refractivity contribution in [1.82, 2.24) is 0 Å². The summed E-state index contributed by atoms with van der Waals surface area (Å²) < 4.78 is 0. The summed E-state index contributed by atoms with van der Waals surface area (Å²) in [6.45, 7) is 4.22. The lowest BCUT2D eigenvalue weighted by atomic mass is 9.63. The average Bonchev–Trinajstić information content (AvgIpc) is 2.28. The number of hydrogen-bond donors (Lipinski definition) is 0. The molecule has 0 heterocycles. The zero-order valence-electron chi connectivity index (χ0n) is 9.33. The van der Waals surface area contributed by atoms with E-state index < -0.39 is 0 Å². The van der Waals surface area contributed by atoms with E-state index in [4.69, 9.17) is 7.85 Å². The van der Waals surface area contributed by atoms with Gasteiger partial charge in [0.15, 0.2) is 0 Å². The lowest BCUT2D eigenvalue weighted by Gasteiger charge is -2.25. The molecule has 0 aliphatic rings. The van der Waals surface area contributed by atoms with E-state index in [0.717, 1.165) is 6.42 Å². The average molecular weight is 194 g/mol. The van der Waals surface area contributed by atoms with E-state index in [-0.39, 0.29) is 5.31 Å². The molecule has 0 N–H and O–H groups in total. The van der Waals surface area contributed by atoms with Gasteiger partial charge in [-0.3, -0.25) is 0 Å². The molecular weight excluding hydrogens is 179 g/mol. The molecule has 0 spiro atoms. The minimum absolute atomic E-state index is 0.235. The summed E-state index contributed by atoms with van der Waals surface area (Å²) in [5.41, 5.74) is 1.24. The standard InChI is InChI=1S/C14H15B/c1-3-14(2,15)13-10-6-8-11-7-4-5-9-12(11)13/h4-10H,3H2,1-2H3. The number of rotatable bonds is 2. The molecule has 2 radical (unpaired) electrons. The largest absolute Gasteiger partial charge is 0.0806 e. The second-order valence-corrected chi connectivity index (χ2v) is 4.30. The fraction of sp³-hybridized carbons (Fsp3) is 0.286. The Hall–Kier alpha value is -1.24. The van der Waals surface area contributed by atoms with Gasteiger partial charge in [0.05, 0.1) is 7.85 Å². The van der Waals surface area contributed by atoms with Crippen molar-refractivity contribution < 1.29 is 0 Å². The predicted molar refractivity (Wildman–Crippen MR) is 67.3 cm³/mol. The van der Waals surface area contributed by atoms with Crippen LogP contribution in [-0.2, 0) is 5.31 Å². The minimum Gasteiger partial charge on any atom is -0.0653 e. The van der Waals surface area contributed by atoms with Crippen LogP contribution in [0.1, 0.15) is 25.8 Å². The summed E-state index contributed by atoms with van der Waals surface area (Å²) in [5, 5.41) is 2.30. The number of benzene rings is 2. The van der Waals surface area contributed by atoms with E-state index in [1.165, 1.54) is 16.3 Å². The summed E-state index contributed by atoms with van der Waals surface area (Å²) in [7, 11) is 6.30. The van der Waals surface area contributed by atoms with Gasteiger partial charge in [0.1, 0.15) is 0 Å². The van der Waals surface area contributed by atoms with E-state index in [0.29, 0.717) is 0 Å². The van der Waals surface area contributed by atoms with E-state index in [1.807, 2.05) is 0 Å². The third-order valence-corrected chi connectivity index (χ3v) is 3.14. The molecule has 1 unspecified atom stereocenters. The van der Waals surface area contributed by atoms with Crippen LogP contribution in [0.4, 0.5) is 0 Å². The van der Waals surface area contributed by atoms with E-state index in [1.54, 1.807) is 0 Å². The molecule has 1 heteroatoms. The molecule has 0 nitrogen and oxygen atoms in total. The van der Waals surface area contributed by atoms with Crippen LogP contribution in [0.25, 0.3) is 10.8 Å². The zero-order valence-corrected chi connectivity index (χ0v) is 9.33. The van der Waals surface area contributed by atoms with Crippen LogP contribution in [0.2, 0.25) is 0 Å². The van der Waals surface area contributed by atoms with Crippen molar-refractivity contribution in [2.75, 3.05) is 0 Å². The number of fused-ring (bicyclic) bond motifs is 1. The van der Waals surface area contributed by atoms with E-state index in [2.05, 4.69) is 56.3 Å². The van der Waals surface area contributed by atoms with Crippen molar-refractivity contribution in [2.45, 2.75) is 25.6 Å². The fourth-order valence-corrected chi connectivity index (χ4v) is 1.91. The molecule has 0 aliphatic heterocycles. The quantitative estimate of drug-likeness (QED) is 0.640. The van der Waals surface area contributed by atoms with Gasteiger partial charge in [-0.15, -0.1) is 0 Å². The van der Waals surface area contributed by atoms with Crippen molar-refractivity contribution in [3.8, 4) is 0 Å². The molecule has 0 bridgehead atoms. The predicted octanol–water partition coefficient (Wildman–Crippen LogP) is 3.63. The molecule has 2 aromatic carbocycles. The lowest BCUT2D eigenvalue weighted by molar-refractivity contribution is 0.654. The Kier molecular flexibility index (Phi) is 2.56. The first-order chi connectivity index (χ1) is 7.15. The van der Waals surface area contributed by atoms with Crippen molar-refractivity contribution in [3.05, 3.63) is 48.0 Å². The van der Waals surface area contributed by atoms with Crippen LogP contribution in [-0.4, -0.2) is 7.85 Å². The molecule has 0 aromatic heterocycles. The maximum Gasteiger partial charge on any atom is 0.0806 e. The van der Waals surface area contributed by atoms with Gasteiger partial charge in [-0.05, 0) is 21.7 Å². The second kappa shape index (κ2) is 3.73. The van der Waals surface area contributed by atoms with Gasteiger partial charge in [0, 0.05) is 0 Å². The molecule has 1 atom stereocenters. The van der Waals surface area contributed by atoms with Crippen LogP contribution in [0.5, 0.6) is 0 Å². The van der Waals surface area contributed by atoms with Gasteiger partial charge in [-0.2, -0.15) is 0 Å². The maximum atomic E-state index is 6.30. The van der Waals surface area contributed by atoms with Crippen LogP contribution in [0, 0.1) is 0 Å². The van der Waals surface area contributed by atoms with Crippen molar-refractivity contribution in [2.24, 2.45) is 0 Å². The van der Waals surface area contributed by atoms with Crippen LogP contribution >= 0.6 is 0 Å². The molecule has 2 aromatic rings. The van der Waals surface area contributed by atoms with E-state index >= 15 is 0 Å².